The molecule has 0 aromatic heterocycles. The van der Waals surface area contributed by atoms with Crippen LogP contribution in [0.15, 0.2) is 113 Å². The van der Waals surface area contributed by atoms with Crippen molar-refractivity contribution in [3.05, 3.63) is 125 Å². The zero-order chi connectivity index (χ0) is 27.0. The van der Waals surface area contributed by atoms with Gasteiger partial charge in [0.2, 0.25) is 0 Å². The Bertz CT molecular complexity index is 1500. The van der Waals surface area contributed by atoms with Gasteiger partial charge in [0, 0.05) is 5.02 Å². The van der Waals surface area contributed by atoms with E-state index in [1.807, 2.05) is 12.1 Å². The van der Waals surface area contributed by atoms with Crippen LogP contribution in [0.1, 0.15) is 11.1 Å². The number of ether oxygens (including phenoxy) is 1. The molecule has 4 aromatic rings. The van der Waals surface area contributed by atoms with Crippen LogP contribution in [0.2, 0.25) is 5.02 Å². The Morgan fingerprint density at radius 3 is 2.24 bits per heavy atom. The minimum absolute atomic E-state index is 0.000928. The van der Waals surface area contributed by atoms with E-state index >= 15 is 0 Å². The monoisotopic (exact) mass is 551 g/mol. The molecule has 0 aliphatic rings. The number of halogens is 2. The van der Waals surface area contributed by atoms with E-state index in [4.69, 9.17) is 16.3 Å². The first-order valence-electron chi connectivity index (χ1n) is 11.4. The van der Waals surface area contributed by atoms with E-state index in [2.05, 4.69) is 10.5 Å². The summed E-state index contributed by atoms with van der Waals surface area (Å²) in [6, 6.07) is 26.9. The van der Waals surface area contributed by atoms with Crippen molar-refractivity contribution < 1.29 is 22.3 Å². The Morgan fingerprint density at radius 1 is 0.921 bits per heavy atom. The van der Waals surface area contributed by atoms with Crippen molar-refractivity contribution in [2.24, 2.45) is 5.10 Å². The van der Waals surface area contributed by atoms with Crippen molar-refractivity contribution >= 4 is 39.4 Å². The lowest BCUT2D eigenvalue weighted by Crippen LogP contribution is -2.39. The average Bonchev–Trinajstić information content (AvgIpc) is 2.93. The minimum Gasteiger partial charge on any atom is -0.489 e. The Hall–Kier alpha value is -4.21. The smallest absolute Gasteiger partial charge is 0.264 e. The number of hydrazone groups is 1. The number of amides is 1. The molecule has 0 aliphatic heterocycles. The van der Waals surface area contributed by atoms with E-state index in [0.717, 1.165) is 22.0 Å². The number of carbonyl (C=O) groups excluding carboxylic acids is 1. The molecule has 4 rings (SSSR count). The summed E-state index contributed by atoms with van der Waals surface area (Å²) in [6.07, 6.45) is 1.43. The Morgan fingerprint density at radius 2 is 1.58 bits per heavy atom. The number of anilines is 1. The van der Waals surface area contributed by atoms with Crippen molar-refractivity contribution in [1.29, 1.82) is 0 Å². The summed E-state index contributed by atoms with van der Waals surface area (Å²) >= 11 is 5.89. The molecule has 0 unspecified atom stereocenters. The largest absolute Gasteiger partial charge is 0.489 e. The number of nitrogens with one attached hydrogen (secondary N) is 1. The molecular weight excluding hydrogens is 529 g/mol. The number of carbonyl (C=O) groups is 1. The Kier molecular flexibility index (Phi) is 8.73. The summed E-state index contributed by atoms with van der Waals surface area (Å²) in [4.78, 5) is 12.6. The predicted octanol–water partition coefficient (Wildman–Crippen LogP) is 5.40. The van der Waals surface area contributed by atoms with Crippen LogP contribution in [-0.4, -0.2) is 27.1 Å². The molecule has 4 aromatic carbocycles. The molecule has 1 N–H and O–H groups in total. The molecule has 0 heterocycles. The molecule has 0 radical (unpaired) electrons. The standard InChI is InChI=1S/C28H23ClFN3O4S/c29-23-10-6-22(7-11-23)20-37-26-16-8-21(9-17-26)18-31-32-28(34)19-33(25-14-12-24(30)13-15-25)38(35,36)27-4-2-1-3-5-27/h1-18H,19-20H2,(H,32,34)/b31-18+. The van der Waals surface area contributed by atoms with E-state index in [1.54, 1.807) is 54.6 Å². The highest BCUT2D eigenvalue weighted by Gasteiger charge is 2.27. The molecule has 38 heavy (non-hydrogen) atoms. The molecule has 10 heteroatoms. The maximum atomic E-state index is 13.4. The van der Waals surface area contributed by atoms with Gasteiger partial charge in [-0.3, -0.25) is 9.10 Å². The fraction of sp³-hybridized carbons (Fsp3) is 0.0714. The number of hydrogen-bond donors (Lipinski definition) is 1. The summed E-state index contributed by atoms with van der Waals surface area (Å²) in [5.74, 6) is -0.545. The summed E-state index contributed by atoms with van der Waals surface area (Å²) in [7, 11) is -4.09. The van der Waals surface area contributed by atoms with E-state index in [0.29, 0.717) is 22.9 Å². The fourth-order valence-corrected chi connectivity index (χ4v) is 4.95. The summed E-state index contributed by atoms with van der Waals surface area (Å²) in [5, 5.41) is 4.59. The van der Waals surface area contributed by atoms with E-state index in [1.165, 1.54) is 30.5 Å². The van der Waals surface area contributed by atoms with Crippen LogP contribution in [0.4, 0.5) is 10.1 Å². The van der Waals surface area contributed by atoms with Gasteiger partial charge in [-0.2, -0.15) is 5.10 Å². The van der Waals surface area contributed by atoms with Gasteiger partial charge in [-0.1, -0.05) is 41.9 Å². The molecule has 0 saturated heterocycles. The van der Waals surface area contributed by atoms with Crippen molar-refractivity contribution in [3.63, 3.8) is 0 Å². The lowest BCUT2D eigenvalue weighted by Gasteiger charge is -2.23. The SMILES string of the molecule is O=C(CN(c1ccc(F)cc1)S(=O)(=O)c1ccccc1)N/N=C/c1ccc(OCc2ccc(Cl)cc2)cc1. The molecule has 0 fully saturated rings. The van der Waals surface area contributed by atoms with Gasteiger partial charge in [0.25, 0.3) is 15.9 Å². The molecule has 194 valence electrons. The van der Waals surface area contributed by atoms with Crippen molar-refractivity contribution in [2.75, 3.05) is 10.8 Å². The van der Waals surface area contributed by atoms with Gasteiger partial charge in [0.05, 0.1) is 16.8 Å². The molecule has 0 atom stereocenters. The quantitative estimate of drug-likeness (QED) is 0.211. The molecular formula is C28H23ClFN3O4S. The molecule has 0 bridgehead atoms. The van der Waals surface area contributed by atoms with Crippen molar-refractivity contribution in [3.8, 4) is 5.75 Å². The second-order valence-corrected chi connectivity index (χ2v) is 10.4. The van der Waals surface area contributed by atoms with Gasteiger partial charge in [-0.05, 0) is 83.9 Å². The summed E-state index contributed by atoms with van der Waals surface area (Å²) in [6.45, 7) is -0.172. The molecule has 1 amide bonds. The number of hydrogen-bond acceptors (Lipinski definition) is 5. The van der Waals surface area contributed by atoms with Gasteiger partial charge >= 0.3 is 0 Å². The lowest BCUT2D eigenvalue weighted by atomic mass is 10.2. The highest BCUT2D eigenvalue weighted by Crippen LogP contribution is 2.23. The number of benzene rings is 4. The van der Waals surface area contributed by atoms with Gasteiger partial charge in [-0.15, -0.1) is 0 Å². The van der Waals surface area contributed by atoms with Gasteiger partial charge in [0.1, 0.15) is 24.7 Å². The molecule has 0 aliphatic carbocycles. The van der Waals surface area contributed by atoms with Crippen LogP contribution < -0.4 is 14.5 Å². The van der Waals surface area contributed by atoms with Crippen molar-refractivity contribution in [2.45, 2.75) is 11.5 Å². The molecule has 0 saturated carbocycles. The topological polar surface area (TPSA) is 88.1 Å². The van der Waals surface area contributed by atoms with E-state index < -0.39 is 28.3 Å². The third-order valence-corrected chi connectivity index (χ3v) is 7.37. The van der Waals surface area contributed by atoms with Crippen LogP contribution in [-0.2, 0) is 21.4 Å². The fourth-order valence-electron chi connectivity index (χ4n) is 3.38. The second-order valence-electron chi connectivity index (χ2n) is 8.08. The number of nitrogens with zero attached hydrogens (tertiary/aromatic N) is 2. The first-order chi connectivity index (χ1) is 18.3. The van der Waals surface area contributed by atoms with Crippen LogP contribution in [0.5, 0.6) is 5.75 Å². The lowest BCUT2D eigenvalue weighted by molar-refractivity contribution is -0.119. The highest BCUT2D eigenvalue weighted by molar-refractivity contribution is 7.92. The summed E-state index contributed by atoms with van der Waals surface area (Å²) < 4.78 is 46.6. The first-order valence-corrected chi connectivity index (χ1v) is 13.3. The van der Waals surface area contributed by atoms with Crippen LogP contribution in [0, 0.1) is 5.82 Å². The van der Waals surface area contributed by atoms with Gasteiger partial charge in [0.15, 0.2) is 0 Å². The van der Waals surface area contributed by atoms with Crippen molar-refractivity contribution in [1.82, 2.24) is 5.43 Å². The summed E-state index contributed by atoms with van der Waals surface area (Å²) in [5.41, 5.74) is 4.15. The Labute approximate surface area is 225 Å². The Balaban J connectivity index is 1.38. The maximum absolute atomic E-state index is 13.4. The number of rotatable bonds is 10. The van der Waals surface area contributed by atoms with E-state index in [-0.39, 0.29) is 10.6 Å². The third kappa shape index (κ3) is 7.18. The van der Waals surface area contributed by atoms with E-state index in [9.17, 15) is 17.6 Å². The van der Waals surface area contributed by atoms with Crippen LogP contribution >= 0.6 is 11.6 Å². The second kappa shape index (κ2) is 12.4. The first kappa shape index (κ1) is 26.8. The minimum atomic E-state index is -4.09. The molecule has 0 spiro atoms. The average molecular weight is 552 g/mol. The highest BCUT2D eigenvalue weighted by atomic mass is 35.5. The zero-order valence-corrected chi connectivity index (χ0v) is 21.6. The van der Waals surface area contributed by atoms with Gasteiger partial charge in [-0.25, -0.2) is 18.2 Å². The molecule has 7 nitrogen and oxygen atoms in total. The maximum Gasteiger partial charge on any atom is 0.264 e. The normalized spacial score (nSPS) is 11.3. The van der Waals surface area contributed by atoms with Crippen LogP contribution in [0.25, 0.3) is 0 Å². The third-order valence-electron chi connectivity index (χ3n) is 5.33. The number of sulfonamides is 1. The van der Waals surface area contributed by atoms with Gasteiger partial charge < -0.3 is 4.74 Å². The van der Waals surface area contributed by atoms with Crippen LogP contribution in [0.3, 0.4) is 0 Å². The predicted molar refractivity (Wildman–Crippen MR) is 145 cm³/mol. The zero-order valence-electron chi connectivity index (χ0n) is 20.0.